The van der Waals surface area contributed by atoms with Gasteiger partial charge < -0.3 is 15.9 Å². The summed E-state index contributed by atoms with van der Waals surface area (Å²) in [7, 11) is 0. The number of aliphatic carboxylic acids is 2. The Kier molecular flexibility index (Phi) is 4.23. The van der Waals surface area contributed by atoms with Gasteiger partial charge in [0, 0.05) is 12.8 Å². The van der Waals surface area contributed by atoms with Crippen LogP contribution in [-0.4, -0.2) is 27.7 Å². The molecule has 5 nitrogen and oxygen atoms in total. The van der Waals surface area contributed by atoms with Crippen molar-refractivity contribution < 1.29 is 25.5 Å². The first-order valence-electron chi connectivity index (χ1n) is 5.28. The zero-order chi connectivity index (χ0) is 12.9. The number of hydrogen-bond acceptors (Lipinski definition) is 2. The smallest absolute Gasteiger partial charge is 0.365 e. The first-order chi connectivity index (χ1) is 7.94. The Morgan fingerprint density at radius 2 is 1.76 bits per heavy atom. The number of carbonyl (C=O) groups is 2. The molecule has 5 heteroatoms. The molecular formula is C12H16NO4+. The quantitative estimate of drug-likeness (QED) is 0.656. The third kappa shape index (κ3) is 3.88. The molecule has 0 fully saturated rings. The van der Waals surface area contributed by atoms with Gasteiger partial charge in [-0.1, -0.05) is 30.3 Å². The number of carboxylic acids is 2. The van der Waals surface area contributed by atoms with E-state index < -0.39 is 17.5 Å². The maximum Gasteiger partial charge on any atom is 0.365 e. The van der Waals surface area contributed by atoms with E-state index in [1.807, 2.05) is 30.3 Å². The van der Waals surface area contributed by atoms with Crippen LogP contribution in [0.2, 0.25) is 0 Å². The molecule has 0 aromatic heterocycles. The third-order valence-corrected chi connectivity index (χ3v) is 2.66. The van der Waals surface area contributed by atoms with Crippen molar-refractivity contribution in [2.45, 2.75) is 24.8 Å². The van der Waals surface area contributed by atoms with Crippen molar-refractivity contribution in [3.63, 3.8) is 0 Å². The summed E-state index contributed by atoms with van der Waals surface area (Å²) >= 11 is 0. The van der Waals surface area contributed by atoms with Crippen LogP contribution in [0.4, 0.5) is 0 Å². The number of carboxylic acid groups (broad SMARTS) is 2. The van der Waals surface area contributed by atoms with E-state index in [2.05, 4.69) is 5.73 Å². The van der Waals surface area contributed by atoms with Crippen LogP contribution in [0.3, 0.4) is 0 Å². The van der Waals surface area contributed by atoms with E-state index in [0.29, 0.717) is 0 Å². The Hall–Kier alpha value is -1.88. The molecule has 1 unspecified atom stereocenters. The monoisotopic (exact) mass is 238 g/mol. The summed E-state index contributed by atoms with van der Waals surface area (Å²) in [4.78, 5) is 21.7. The standard InChI is InChI=1S/C12H15NO4/c13-12(11(16)17,7-6-10(14)15)8-9-4-2-1-3-5-9/h1-5H,6-8,13H2,(H,14,15)(H,16,17)/p+1. The van der Waals surface area contributed by atoms with Crippen LogP contribution in [0.25, 0.3) is 0 Å². The van der Waals surface area contributed by atoms with E-state index in [1.54, 1.807) is 0 Å². The average Bonchev–Trinajstić information content (AvgIpc) is 2.27. The molecule has 0 aliphatic carbocycles. The maximum atomic E-state index is 11.2. The van der Waals surface area contributed by atoms with Crippen LogP contribution in [0, 0.1) is 0 Å². The summed E-state index contributed by atoms with van der Waals surface area (Å²) in [5.74, 6) is -2.07. The third-order valence-electron chi connectivity index (χ3n) is 2.66. The topological polar surface area (TPSA) is 102 Å². The average molecular weight is 238 g/mol. The Labute approximate surface area is 98.9 Å². The molecular weight excluding hydrogens is 222 g/mol. The van der Waals surface area contributed by atoms with Crippen molar-refractivity contribution in [2.75, 3.05) is 0 Å². The van der Waals surface area contributed by atoms with Crippen molar-refractivity contribution in [2.24, 2.45) is 0 Å². The lowest BCUT2D eigenvalue weighted by Crippen LogP contribution is -2.77. The van der Waals surface area contributed by atoms with E-state index in [4.69, 9.17) is 10.2 Å². The summed E-state index contributed by atoms with van der Waals surface area (Å²) in [6.07, 6.45) is 0.0612. The highest BCUT2D eigenvalue weighted by Gasteiger charge is 2.38. The molecule has 5 N–H and O–H groups in total. The zero-order valence-corrected chi connectivity index (χ0v) is 9.43. The largest absolute Gasteiger partial charge is 0.481 e. The van der Waals surface area contributed by atoms with Gasteiger partial charge in [0.15, 0.2) is 5.54 Å². The highest BCUT2D eigenvalue weighted by molar-refractivity contribution is 5.78. The van der Waals surface area contributed by atoms with Crippen molar-refractivity contribution >= 4 is 11.9 Å². The number of quaternary nitrogens is 1. The van der Waals surface area contributed by atoms with E-state index in [1.165, 1.54) is 0 Å². The summed E-state index contributed by atoms with van der Waals surface area (Å²) in [6, 6.07) is 9.09. The van der Waals surface area contributed by atoms with Crippen LogP contribution in [0.1, 0.15) is 18.4 Å². The minimum atomic E-state index is -1.28. The van der Waals surface area contributed by atoms with Crippen LogP contribution in [0.15, 0.2) is 30.3 Å². The predicted octanol–water partition coefficient (Wildman–Crippen LogP) is 0.159. The lowest BCUT2D eigenvalue weighted by Gasteiger charge is -2.20. The predicted molar refractivity (Wildman–Crippen MR) is 60.3 cm³/mol. The van der Waals surface area contributed by atoms with Gasteiger partial charge in [0.1, 0.15) is 0 Å². The van der Waals surface area contributed by atoms with Crippen LogP contribution in [0.5, 0.6) is 0 Å². The van der Waals surface area contributed by atoms with E-state index in [9.17, 15) is 9.59 Å². The second-order valence-corrected chi connectivity index (χ2v) is 4.14. The molecule has 92 valence electrons. The first kappa shape index (κ1) is 13.2. The normalized spacial score (nSPS) is 13.9. The van der Waals surface area contributed by atoms with E-state index >= 15 is 0 Å². The zero-order valence-electron chi connectivity index (χ0n) is 9.43. The van der Waals surface area contributed by atoms with Gasteiger partial charge in [-0.15, -0.1) is 0 Å². The molecule has 0 aliphatic heterocycles. The number of benzene rings is 1. The summed E-state index contributed by atoms with van der Waals surface area (Å²) in [6.45, 7) is 0. The number of rotatable bonds is 6. The van der Waals surface area contributed by atoms with Gasteiger partial charge in [-0.25, -0.2) is 4.79 Å². The Morgan fingerprint density at radius 1 is 1.18 bits per heavy atom. The fourth-order valence-electron chi connectivity index (χ4n) is 1.60. The lowest BCUT2D eigenvalue weighted by atomic mass is 9.87. The summed E-state index contributed by atoms with van der Waals surface area (Å²) in [5.41, 5.74) is 3.24. The van der Waals surface area contributed by atoms with E-state index in [-0.39, 0.29) is 19.3 Å². The molecule has 0 heterocycles. The molecule has 0 amide bonds. The molecule has 1 aromatic carbocycles. The van der Waals surface area contributed by atoms with Crippen molar-refractivity contribution in [3.05, 3.63) is 35.9 Å². The van der Waals surface area contributed by atoms with Gasteiger partial charge in [0.25, 0.3) is 0 Å². The fraction of sp³-hybridized carbons (Fsp3) is 0.333. The van der Waals surface area contributed by atoms with Crippen LogP contribution >= 0.6 is 0 Å². The maximum absolute atomic E-state index is 11.2. The van der Waals surface area contributed by atoms with Gasteiger partial charge in [0.05, 0.1) is 6.42 Å². The van der Waals surface area contributed by atoms with Crippen LogP contribution < -0.4 is 5.73 Å². The highest BCUT2D eigenvalue weighted by atomic mass is 16.4. The molecule has 1 rings (SSSR count). The fourth-order valence-corrected chi connectivity index (χ4v) is 1.60. The van der Waals surface area contributed by atoms with Gasteiger partial charge in [-0.05, 0) is 5.56 Å². The Morgan fingerprint density at radius 3 is 2.24 bits per heavy atom. The molecule has 0 radical (unpaired) electrons. The molecule has 0 spiro atoms. The minimum absolute atomic E-state index is 0.0204. The first-order valence-corrected chi connectivity index (χ1v) is 5.28. The Balaban J connectivity index is 2.78. The minimum Gasteiger partial charge on any atom is -0.481 e. The second kappa shape index (κ2) is 5.45. The van der Waals surface area contributed by atoms with Crippen molar-refractivity contribution in [1.29, 1.82) is 0 Å². The molecule has 0 aliphatic rings. The molecule has 1 aromatic rings. The van der Waals surface area contributed by atoms with Crippen molar-refractivity contribution in [1.82, 2.24) is 0 Å². The summed E-state index contributed by atoms with van der Waals surface area (Å²) < 4.78 is 0. The molecule has 0 bridgehead atoms. The second-order valence-electron chi connectivity index (χ2n) is 4.14. The SMILES string of the molecule is [NH3+]C(CCC(=O)O)(Cc1ccccc1)C(=O)O. The van der Waals surface area contributed by atoms with Gasteiger partial charge >= 0.3 is 11.9 Å². The van der Waals surface area contributed by atoms with Gasteiger partial charge in [-0.2, -0.15) is 0 Å². The summed E-state index contributed by atoms with van der Waals surface area (Å²) in [5, 5.41) is 17.8. The molecule has 1 atom stereocenters. The molecule has 17 heavy (non-hydrogen) atoms. The van der Waals surface area contributed by atoms with E-state index in [0.717, 1.165) is 5.56 Å². The highest BCUT2D eigenvalue weighted by Crippen LogP contribution is 2.15. The molecule has 0 saturated carbocycles. The van der Waals surface area contributed by atoms with Crippen LogP contribution in [-0.2, 0) is 16.0 Å². The van der Waals surface area contributed by atoms with Crippen molar-refractivity contribution in [3.8, 4) is 0 Å². The lowest BCUT2D eigenvalue weighted by molar-refractivity contribution is -0.463. The molecule has 0 saturated heterocycles. The van der Waals surface area contributed by atoms with Gasteiger partial charge in [0.2, 0.25) is 0 Å². The number of hydrogen-bond donors (Lipinski definition) is 3. The van der Waals surface area contributed by atoms with Gasteiger partial charge in [-0.3, -0.25) is 4.79 Å². The Bertz CT molecular complexity index is 404.